The number of fused-ring (bicyclic) bond motifs is 1. The lowest BCUT2D eigenvalue weighted by Gasteiger charge is -2.13. The normalized spacial score (nSPS) is 11.2. The van der Waals surface area contributed by atoms with Crippen LogP contribution in [0.5, 0.6) is 0 Å². The van der Waals surface area contributed by atoms with Crippen molar-refractivity contribution in [3.8, 4) is 11.1 Å². The second-order valence-electron chi connectivity index (χ2n) is 5.44. The Morgan fingerprint density at radius 3 is 2.48 bits per heavy atom. The van der Waals surface area contributed by atoms with Crippen molar-refractivity contribution in [1.82, 2.24) is 9.97 Å². The molecule has 0 fully saturated rings. The van der Waals surface area contributed by atoms with Crippen LogP contribution in [0.25, 0.3) is 22.0 Å². The van der Waals surface area contributed by atoms with Crippen LogP contribution in [-0.2, 0) is 0 Å². The number of hydrogen-bond donors (Lipinski definition) is 2. The molecule has 0 aliphatic rings. The number of benzene rings is 2. The summed E-state index contributed by atoms with van der Waals surface area (Å²) in [5.41, 5.74) is 16.0. The lowest BCUT2D eigenvalue weighted by molar-refractivity contribution is 0.869. The SMILES string of the molecule is CC(C)c1ccccc1-c1ccc2c(N)nc(N)nc2c1. The van der Waals surface area contributed by atoms with Crippen LogP contribution in [0.15, 0.2) is 42.5 Å². The summed E-state index contributed by atoms with van der Waals surface area (Å²) in [5, 5.41) is 0.829. The van der Waals surface area contributed by atoms with Gasteiger partial charge in [0.1, 0.15) is 5.82 Å². The van der Waals surface area contributed by atoms with Crippen LogP contribution in [0.2, 0.25) is 0 Å². The van der Waals surface area contributed by atoms with Crippen LogP contribution in [0.4, 0.5) is 11.8 Å². The second-order valence-corrected chi connectivity index (χ2v) is 5.44. The minimum absolute atomic E-state index is 0.203. The molecule has 0 radical (unpaired) electrons. The standard InChI is InChI=1S/C17H18N4/c1-10(2)12-5-3-4-6-13(12)11-7-8-14-15(9-11)20-17(19)21-16(14)18/h3-10H,1-2H3,(H4,18,19,20,21). The van der Waals surface area contributed by atoms with Crippen LogP contribution in [-0.4, -0.2) is 9.97 Å². The van der Waals surface area contributed by atoms with E-state index in [0.29, 0.717) is 11.7 Å². The van der Waals surface area contributed by atoms with Gasteiger partial charge < -0.3 is 11.5 Å². The molecule has 0 bridgehead atoms. The van der Waals surface area contributed by atoms with E-state index in [1.165, 1.54) is 11.1 Å². The Bertz CT molecular complexity index is 809. The van der Waals surface area contributed by atoms with Crippen LogP contribution in [0, 0.1) is 0 Å². The Labute approximate surface area is 123 Å². The predicted molar refractivity (Wildman–Crippen MR) is 87.9 cm³/mol. The summed E-state index contributed by atoms with van der Waals surface area (Å²) in [6.45, 7) is 4.38. The molecule has 0 spiro atoms. The van der Waals surface area contributed by atoms with E-state index in [2.05, 4.69) is 48.1 Å². The molecular weight excluding hydrogens is 260 g/mol. The maximum absolute atomic E-state index is 5.89. The van der Waals surface area contributed by atoms with E-state index in [4.69, 9.17) is 11.5 Å². The molecule has 0 saturated carbocycles. The Morgan fingerprint density at radius 1 is 0.952 bits per heavy atom. The highest BCUT2D eigenvalue weighted by Gasteiger charge is 2.10. The zero-order valence-corrected chi connectivity index (χ0v) is 12.2. The Kier molecular flexibility index (Phi) is 3.22. The molecule has 0 aliphatic heterocycles. The second kappa shape index (κ2) is 5.05. The monoisotopic (exact) mass is 278 g/mol. The smallest absolute Gasteiger partial charge is 0.222 e. The van der Waals surface area contributed by atoms with E-state index < -0.39 is 0 Å². The summed E-state index contributed by atoms with van der Waals surface area (Å²) < 4.78 is 0. The molecule has 21 heavy (non-hydrogen) atoms. The van der Waals surface area contributed by atoms with E-state index >= 15 is 0 Å². The van der Waals surface area contributed by atoms with Gasteiger partial charge in [-0.1, -0.05) is 44.2 Å². The van der Waals surface area contributed by atoms with E-state index in [1.54, 1.807) is 0 Å². The lowest BCUT2D eigenvalue weighted by Crippen LogP contribution is -2.00. The van der Waals surface area contributed by atoms with Crippen molar-refractivity contribution in [2.45, 2.75) is 19.8 Å². The number of aromatic nitrogens is 2. The summed E-state index contributed by atoms with van der Waals surface area (Å²) in [4.78, 5) is 8.28. The highest BCUT2D eigenvalue weighted by Crippen LogP contribution is 2.31. The van der Waals surface area contributed by atoms with Gasteiger partial charge in [0.05, 0.1) is 5.52 Å². The van der Waals surface area contributed by atoms with Gasteiger partial charge in [-0.2, -0.15) is 4.98 Å². The van der Waals surface area contributed by atoms with Crippen molar-refractivity contribution in [2.24, 2.45) is 0 Å². The molecule has 1 aromatic heterocycles. The van der Waals surface area contributed by atoms with Gasteiger partial charge in [-0.3, -0.25) is 0 Å². The van der Waals surface area contributed by atoms with Crippen molar-refractivity contribution in [2.75, 3.05) is 11.5 Å². The fourth-order valence-electron chi connectivity index (χ4n) is 2.60. The van der Waals surface area contributed by atoms with Gasteiger partial charge in [0, 0.05) is 5.39 Å². The molecule has 106 valence electrons. The number of anilines is 2. The molecule has 3 aromatic rings. The number of hydrogen-bond acceptors (Lipinski definition) is 4. The molecule has 4 nitrogen and oxygen atoms in total. The van der Waals surface area contributed by atoms with Gasteiger partial charge in [-0.05, 0) is 34.7 Å². The largest absolute Gasteiger partial charge is 0.383 e. The summed E-state index contributed by atoms with van der Waals surface area (Å²) >= 11 is 0. The molecule has 0 unspecified atom stereocenters. The maximum Gasteiger partial charge on any atom is 0.222 e. The Hall–Kier alpha value is -2.62. The van der Waals surface area contributed by atoms with Gasteiger partial charge >= 0.3 is 0 Å². The Balaban J connectivity index is 2.22. The van der Waals surface area contributed by atoms with E-state index in [-0.39, 0.29) is 5.95 Å². The van der Waals surface area contributed by atoms with Crippen molar-refractivity contribution in [3.05, 3.63) is 48.0 Å². The van der Waals surface area contributed by atoms with Crippen LogP contribution < -0.4 is 11.5 Å². The third-order valence-electron chi connectivity index (χ3n) is 3.64. The fourth-order valence-corrected chi connectivity index (χ4v) is 2.60. The molecule has 2 aromatic carbocycles. The van der Waals surface area contributed by atoms with Crippen molar-refractivity contribution in [3.63, 3.8) is 0 Å². The third-order valence-corrected chi connectivity index (χ3v) is 3.64. The molecule has 1 heterocycles. The maximum atomic E-state index is 5.89. The van der Waals surface area contributed by atoms with E-state index in [1.807, 2.05) is 18.2 Å². The molecule has 4 heteroatoms. The van der Waals surface area contributed by atoms with Crippen LogP contribution >= 0.6 is 0 Å². The van der Waals surface area contributed by atoms with Crippen molar-refractivity contribution in [1.29, 1.82) is 0 Å². The summed E-state index contributed by atoms with van der Waals surface area (Å²) in [6, 6.07) is 14.4. The minimum atomic E-state index is 0.203. The van der Waals surface area contributed by atoms with Crippen LogP contribution in [0.3, 0.4) is 0 Å². The summed E-state index contributed by atoms with van der Waals surface area (Å²) in [5.74, 6) is 1.08. The van der Waals surface area contributed by atoms with Gasteiger partial charge in [0.2, 0.25) is 5.95 Å². The summed E-state index contributed by atoms with van der Waals surface area (Å²) in [7, 11) is 0. The molecular formula is C17H18N4. The number of nitrogen functional groups attached to an aromatic ring is 2. The highest BCUT2D eigenvalue weighted by molar-refractivity contribution is 5.92. The average Bonchev–Trinajstić information content (AvgIpc) is 2.46. The third kappa shape index (κ3) is 2.40. The zero-order valence-electron chi connectivity index (χ0n) is 12.2. The Morgan fingerprint density at radius 2 is 1.71 bits per heavy atom. The number of rotatable bonds is 2. The molecule has 3 rings (SSSR count). The minimum Gasteiger partial charge on any atom is -0.383 e. The quantitative estimate of drug-likeness (QED) is 0.751. The topological polar surface area (TPSA) is 77.8 Å². The van der Waals surface area contributed by atoms with Crippen molar-refractivity contribution >= 4 is 22.7 Å². The van der Waals surface area contributed by atoms with Gasteiger partial charge in [0.25, 0.3) is 0 Å². The first-order chi connectivity index (χ1) is 10.1. The fraction of sp³-hybridized carbons (Fsp3) is 0.176. The lowest BCUT2D eigenvalue weighted by atomic mass is 9.92. The van der Waals surface area contributed by atoms with Crippen LogP contribution in [0.1, 0.15) is 25.3 Å². The average molecular weight is 278 g/mol. The summed E-state index contributed by atoms with van der Waals surface area (Å²) in [6.07, 6.45) is 0. The molecule has 0 atom stereocenters. The van der Waals surface area contributed by atoms with Gasteiger partial charge in [-0.15, -0.1) is 0 Å². The zero-order chi connectivity index (χ0) is 15.0. The predicted octanol–water partition coefficient (Wildman–Crippen LogP) is 3.58. The van der Waals surface area contributed by atoms with Crippen molar-refractivity contribution < 1.29 is 0 Å². The molecule has 0 amide bonds. The molecule has 0 aliphatic carbocycles. The van der Waals surface area contributed by atoms with E-state index in [0.717, 1.165) is 16.5 Å². The van der Waals surface area contributed by atoms with Gasteiger partial charge in [0.15, 0.2) is 0 Å². The number of nitrogens with two attached hydrogens (primary N) is 2. The number of nitrogens with zero attached hydrogens (tertiary/aromatic N) is 2. The van der Waals surface area contributed by atoms with Gasteiger partial charge in [-0.25, -0.2) is 4.98 Å². The first kappa shape index (κ1) is 13.4. The molecule has 0 saturated heterocycles. The molecule has 4 N–H and O–H groups in total. The first-order valence-electron chi connectivity index (χ1n) is 6.98. The van der Waals surface area contributed by atoms with E-state index in [9.17, 15) is 0 Å². The highest BCUT2D eigenvalue weighted by atomic mass is 15.0. The first-order valence-corrected chi connectivity index (χ1v) is 6.98.